The Hall–Kier alpha value is -2.79. The predicted molar refractivity (Wildman–Crippen MR) is 121 cm³/mol. The second-order valence-electron chi connectivity index (χ2n) is 9.35. The molecule has 158 valence electrons. The SMILES string of the molecule is COc1ccccc1-n1nc(C2CC(C)(C)OC(C)(C)C2)cc1-c1ccccc1N. The third-order valence-corrected chi connectivity index (χ3v) is 5.73. The Morgan fingerprint density at radius 3 is 2.30 bits per heavy atom. The lowest BCUT2D eigenvalue weighted by Crippen LogP contribution is -2.44. The molecule has 0 spiro atoms. The molecule has 3 aromatic rings. The van der Waals surface area contributed by atoms with Crippen LogP contribution in [0.3, 0.4) is 0 Å². The highest BCUT2D eigenvalue weighted by molar-refractivity contribution is 5.75. The summed E-state index contributed by atoms with van der Waals surface area (Å²) in [6.07, 6.45) is 1.84. The molecule has 1 aliphatic rings. The third kappa shape index (κ3) is 3.94. The Morgan fingerprint density at radius 1 is 1.00 bits per heavy atom. The molecule has 30 heavy (non-hydrogen) atoms. The fraction of sp³-hybridized carbons (Fsp3) is 0.400. The zero-order valence-electron chi connectivity index (χ0n) is 18.5. The first kappa shape index (κ1) is 20.5. The number of anilines is 1. The van der Waals surface area contributed by atoms with Crippen molar-refractivity contribution in [1.29, 1.82) is 0 Å². The molecule has 4 rings (SSSR count). The highest BCUT2D eigenvalue weighted by Gasteiger charge is 2.41. The van der Waals surface area contributed by atoms with Crippen LogP contribution in [0.25, 0.3) is 16.9 Å². The van der Waals surface area contributed by atoms with Gasteiger partial charge >= 0.3 is 0 Å². The Balaban J connectivity index is 1.88. The molecular formula is C25H31N3O2. The molecule has 1 fully saturated rings. The van der Waals surface area contributed by atoms with Gasteiger partial charge in [0.1, 0.15) is 11.4 Å². The minimum atomic E-state index is -0.202. The second kappa shape index (κ2) is 7.47. The van der Waals surface area contributed by atoms with Crippen LogP contribution in [0.5, 0.6) is 5.75 Å². The molecular weight excluding hydrogens is 374 g/mol. The van der Waals surface area contributed by atoms with E-state index in [1.54, 1.807) is 7.11 Å². The normalized spacial score (nSPS) is 18.3. The number of rotatable bonds is 4. The van der Waals surface area contributed by atoms with E-state index in [1.165, 1.54) is 0 Å². The molecule has 1 saturated heterocycles. The summed E-state index contributed by atoms with van der Waals surface area (Å²) < 4.78 is 13.9. The van der Waals surface area contributed by atoms with Crippen molar-refractivity contribution in [3.8, 4) is 22.7 Å². The van der Waals surface area contributed by atoms with Crippen molar-refractivity contribution in [2.75, 3.05) is 12.8 Å². The van der Waals surface area contributed by atoms with Crippen molar-refractivity contribution < 1.29 is 9.47 Å². The monoisotopic (exact) mass is 405 g/mol. The molecule has 2 N–H and O–H groups in total. The number of para-hydroxylation sites is 3. The summed E-state index contributed by atoms with van der Waals surface area (Å²) in [4.78, 5) is 0. The van der Waals surface area contributed by atoms with Gasteiger partial charge in [0.05, 0.1) is 29.7 Å². The largest absolute Gasteiger partial charge is 0.494 e. The molecule has 1 aliphatic heterocycles. The van der Waals surface area contributed by atoms with E-state index in [-0.39, 0.29) is 11.2 Å². The highest BCUT2D eigenvalue weighted by Crippen LogP contribution is 2.44. The number of hydrogen-bond donors (Lipinski definition) is 1. The van der Waals surface area contributed by atoms with Crippen LogP contribution in [-0.4, -0.2) is 28.1 Å². The maximum atomic E-state index is 6.35. The predicted octanol–water partition coefficient (Wildman–Crippen LogP) is 5.58. The van der Waals surface area contributed by atoms with Crippen molar-refractivity contribution in [3.63, 3.8) is 0 Å². The highest BCUT2D eigenvalue weighted by atomic mass is 16.5. The topological polar surface area (TPSA) is 62.3 Å². The average Bonchev–Trinajstić information content (AvgIpc) is 3.11. The number of aromatic nitrogens is 2. The number of nitrogen functional groups attached to an aromatic ring is 1. The summed E-state index contributed by atoms with van der Waals surface area (Å²) in [5.74, 6) is 1.07. The molecule has 0 saturated carbocycles. The first-order valence-corrected chi connectivity index (χ1v) is 10.5. The van der Waals surface area contributed by atoms with Crippen LogP contribution < -0.4 is 10.5 Å². The van der Waals surface area contributed by atoms with Gasteiger partial charge in [0.2, 0.25) is 0 Å². The maximum absolute atomic E-state index is 6.35. The molecule has 0 bridgehead atoms. The van der Waals surface area contributed by atoms with Crippen molar-refractivity contribution in [2.45, 2.75) is 57.7 Å². The Labute approximate surface area is 178 Å². The fourth-order valence-electron chi connectivity index (χ4n) is 4.81. The van der Waals surface area contributed by atoms with E-state index >= 15 is 0 Å². The van der Waals surface area contributed by atoms with Crippen LogP contribution in [0.4, 0.5) is 5.69 Å². The molecule has 0 aliphatic carbocycles. The Bertz CT molecular complexity index is 1040. The van der Waals surface area contributed by atoms with Gasteiger partial charge in [-0.15, -0.1) is 0 Å². The van der Waals surface area contributed by atoms with E-state index in [0.29, 0.717) is 5.92 Å². The van der Waals surface area contributed by atoms with Crippen LogP contribution in [0.15, 0.2) is 54.6 Å². The van der Waals surface area contributed by atoms with E-state index < -0.39 is 0 Å². The van der Waals surface area contributed by atoms with Gasteiger partial charge in [0.25, 0.3) is 0 Å². The van der Waals surface area contributed by atoms with Gasteiger partial charge in [-0.3, -0.25) is 0 Å². The molecule has 2 aromatic carbocycles. The van der Waals surface area contributed by atoms with Crippen LogP contribution in [0.1, 0.15) is 52.1 Å². The zero-order valence-corrected chi connectivity index (χ0v) is 18.5. The number of nitrogens with zero attached hydrogens (tertiary/aromatic N) is 2. The average molecular weight is 406 g/mol. The van der Waals surface area contributed by atoms with Gasteiger partial charge in [-0.05, 0) is 64.8 Å². The van der Waals surface area contributed by atoms with E-state index in [4.69, 9.17) is 20.3 Å². The van der Waals surface area contributed by atoms with Gasteiger partial charge < -0.3 is 15.2 Å². The minimum absolute atomic E-state index is 0.202. The van der Waals surface area contributed by atoms with Crippen molar-refractivity contribution in [3.05, 3.63) is 60.3 Å². The van der Waals surface area contributed by atoms with Gasteiger partial charge in [-0.1, -0.05) is 30.3 Å². The second-order valence-corrected chi connectivity index (χ2v) is 9.35. The summed E-state index contributed by atoms with van der Waals surface area (Å²) in [6.45, 7) is 8.64. The van der Waals surface area contributed by atoms with Crippen molar-refractivity contribution in [2.24, 2.45) is 0 Å². The third-order valence-electron chi connectivity index (χ3n) is 5.73. The first-order valence-electron chi connectivity index (χ1n) is 10.5. The van der Waals surface area contributed by atoms with Crippen LogP contribution in [-0.2, 0) is 4.74 Å². The van der Waals surface area contributed by atoms with Crippen molar-refractivity contribution >= 4 is 5.69 Å². The van der Waals surface area contributed by atoms with Crippen molar-refractivity contribution in [1.82, 2.24) is 9.78 Å². The summed E-state index contributed by atoms with van der Waals surface area (Å²) >= 11 is 0. The lowest BCUT2D eigenvalue weighted by molar-refractivity contribution is -0.162. The van der Waals surface area contributed by atoms with Gasteiger partial charge in [-0.25, -0.2) is 4.68 Å². The smallest absolute Gasteiger partial charge is 0.144 e. The van der Waals surface area contributed by atoms with Crippen LogP contribution in [0.2, 0.25) is 0 Å². The summed E-state index contributed by atoms with van der Waals surface area (Å²) in [5, 5.41) is 5.09. The quantitative estimate of drug-likeness (QED) is 0.576. The fourth-order valence-corrected chi connectivity index (χ4v) is 4.81. The number of hydrogen-bond acceptors (Lipinski definition) is 4. The molecule has 0 unspecified atom stereocenters. The first-order chi connectivity index (χ1) is 14.2. The number of benzene rings is 2. The zero-order chi connectivity index (χ0) is 21.5. The lowest BCUT2D eigenvalue weighted by Gasteiger charge is -2.45. The van der Waals surface area contributed by atoms with E-state index in [1.807, 2.05) is 53.2 Å². The van der Waals surface area contributed by atoms with E-state index in [0.717, 1.165) is 46.9 Å². The van der Waals surface area contributed by atoms with Crippen LogP contribution >= 0.6 is 0 Å². The molecule has 5 nitrogen and oxygen atoms in total. The maximum Gasteiger partial charge on any atom is 0.144 e. The van der Waals surface area contributed by atoms with Gasteiger partial charge in [0.15, 0.2) is 0 Å². The van der Waals surface area contributed by atoms with E-state index in [9.17, 15) is 0 Å². The summed E-state index contributed by atoms with van der Waals surface area (Å²) in [6, 6.07) is 18.0. The van der Waals surface area contributed by atoms with Crippen LogP contribution in [0, 0.1) is 0 Å². The van der Waals surface area contributed by atoms with E-state index in [2.05, 4.69) is 33.8 Å². The van der Waals surface area contributed by atoms with Gasteiger partial charge in [0, 0.05) is 17.2 Å². The van der Waals surface area contributed by atoms with Gasteiger partial charge in [-0.2, -0.15) is 5.10 Å². The summed E-state index contributed by atoms with van der Waals surface area (Å²) in [7, 11) is 1.68. The molecule has 0 radical (unpaired) electrons. The Morgan fingerprint density at radius 2 is 1.63 bits per heavy atom. The molecule has 1 aromatic heterocycles. The standard InChI is InChI=1S/C25H31N3O2/c1-24(2)15-17(16-25(3,4)30-24)20-14-22(18-10-6-7-11-19(18)26)28(27-20)21-12-8-9-13-23(21)29-5/h6-14,17H,15-16,26H2,1-5H3. The Kier molecular flexibility index (Phi) is 5.10. The number of nitrogens with two attached hydrogens (primary N) is 1. The molecule has 0 amide bonds. The summed E-state index contributed by atoms with van der Waals surface area (Å²) in [5.41, 5.74) is 10.6. The molecule has 0 atom stereocenters. The number of ether oxygens (including phenoxy) is 2. The number of methoxy groups -OCH3 is 1. The molecule has 5 heteroatoms. The lowest BCUT2D eigenvalue weighted by atomic mass is 9.79. The minimum Gasteiger partial charge on any atom is -0.494 e. The molecule has 2 heterocycles.